The first-order valence-corrected chi connectivity index (χ1v) is 8.19. The molecule has 0 fully saturated rings. The summed E-state index contributed by atoms with van der Waals surface area (Å²) in [6.45, 7) is 2.22. The second-order valence-electron chi connectivity index (χ2n) is 4.60. The van der Waals surface area contributed by atoms with Crippen molar-refractivity contribution in [3.05, 3.63) is 40.6 Å². The number of non-ortho nitro benzene ring substituents is 1. The van der Waals surface area contributed by atoms with Crippen molar-refractivity contribution in [2.24, 2.45) is 0 Å². The maximum Gasteiger partial charge on any atom is 0.270 e. The maximum absolute atomic E-state index is 11.4. The van der Waals surface area contributed by atoms with Gasteiger partial charge in [0.1, 0.15) is 9.84 Å². The number of fused-ring (bicyclic) bond motifs is 1. The molecule has 6 nitrogen and oxygen atoms in total. The van der Waals surface area contributed by atoms with Crippen LogP contribution in [0.1, 0.15) is 13.3 Å². The number of hydrogen-bond donors (Lipinski definition) is 0. The number of hydrogen-bond acceptors (Lipinski definition) is 4. The smallest absolute Gasteiger partial charge is 0.270 e. The molecule has 20 heavy (non-hydrogen) atoms. The Morgan fingerprint density at radius 2 is 2.05 bits per heavy atom. The largest absolute Gasteiger partial charge is 0.347 e. The standard InChI is InChI=1S/C13H16N2O4S/c1-2-20(18,19)9-3-7-14-8-6-11-10-12(15(16)17)4-5-13(11)14/h4-6,8,10H,2-3,7,9H2,1H3. The minimum Gasteiger partial charge on any atom is -0.347 e. The van der Waals surface area contributed by atoms with Crippen molar-refractivity contribution in [1.82, 2.24) is 4.57 Å². The number of nitro groups is 1. The second kappa shape index (κ2) is 5.62. The Bertz CT molecular complexity index is 734. The van der Waals surface area contributed by atoms with Crippen LogP contribution >= 0.6 is 0 Å². The van der Waals surface area contributed by atoms with E-state index in [0.29, 0.717) is 13.0 Å². The number of rotatable bonds is 6. The third kappa shape index (κ3) is 3.16. The van der Waals surface area contributed by atoms with E-state index < -0.39 is 14.8 Å². The first kappa shape index (κ1) is 14.5. The van der Waals surface area contributed by atoms with Crippen LogP contribution in [0.5, 0.6) is 0 Å². The minimum atomic E-state index is -2.95. The van der Waals surface area contributed by atoms with E-state index in [0.717, 1.165) is 10.9 Å². The van der Waals surface area contributed by atoms with E-state index in [4.69, 9.17) is 0 Å². The lowest BCUT2D eigenvalue weighted by Gasteiger charge is -2.05. The molecule has 1 aromatic heterocycles. The van der Waals surface area contributed by atoms with Crippen LogP contribution in [-0.2, 0) is 16.4 Å². The second-order valence-corrected chi connectivity index (χ2v) is 7.07. The van der Waals surface area contributed by atoms with Gasteiger partial charge in [0.15, 0.2) is 0 Å². The molecular formula is C13H16N2O4S. The summed E-state index contributed by atoms with van der Waals surface area (Å²) < 4.78 is 24.8. The van der Waals surface area contributed by atoms with Crippen LogP contribution in [0.4, 0.5) is 5.69 Å². The minimum absolute atomic E-state index is 0.0591. The molecule has 0 radical (unpaired) electrons. The zero-order valence-corrected chi connectivity index (χ0v) is 12.0. The average molecular weight is 296 g/mol. The van der Waals surface area contributed by atoms with Gasteiger partial charge in [-0.05, 0) is 18.6 Å². The SMILES string of the molecule is CCS(=O)(=O)CCCn1ccc2cc([N+](=O)[O-])ccc21. The molecule has 0 aliphatic rings. The quantitative estimate of drug-likeness (QED) is 0.605. The lowest BCUT2D eigenvalue weighted by Crippen LogP contribution is -2.10. The number of sulfone groups is 1. The lowest BCUT2D eigenvalue weighted by atomic mass is 10.2. The van der Waals surface area contributed by atoms with Gasteiger partial charge in [-0.1, -0.05) is 6.92 Å². The predicted molar refractivity (Wildman–Crippen MR) is 77.5 cm³/mol. The molecule has 0 saturated carbocycles. The van der Waals surface area contributed by atoms with E-state index in [1.165, 1.54) is 12.1 Å². The average Bonchev–Trinajstić information content (AvgIpc) is 2.81. The van der Waals surface area contributed by atoms with E-state index in [1.54, 1.807) is 19.1 Å². The van der Waals surface area contributed by atoms with Crippen molar-refractivity contribution in [3.8, 4) is 0 Å². The lowest BCUT2D eigenvalue weighted by molar-refractivity contribution is -0.384. The molecule has 0 spiro atoms. The summed E-state index contributed by atoms with van der Waals surface area (Å²) in [5.41, 5.74) is 0.938. The van der Waals surface area contributed by atoms with Crippen molar-refractivity contribution in [3.63, 3.8) is 0 Å². The molecule has 0 N–H and O–H groups in total. The summed E-state index contributed by atoms with van der Waals surface area (Å²) in [5.74, 6) is 0.321. The van der Waals surface area contributed by atoms with Crippen LogP contribution in [0, 0.1) is 10.1 Å². The Morgan fingerprint density at radius 3 is 2.70 bits per heavy atom. The molecule has 0 unspecified atom stereocenters. The molecule has 2 rings (SSSR count). The first-order valence-electron chi connectivity index (χ1n) is 6.36. The zero-order chi connectivity index (χ0) is 14.8. The van der Waals surface area contributed by atoms with Gasteiger partial charge >= 0.3 is 0 Å². The highest BCUT2D eigenvalue weighted by Crippen LogP contribution is 2.22. The van der Waals surface area contributed by atoms with Crippen LogP contribution in [0.15, 0.2) is 30.5 Å². The third-order valence-corrected chi connectivity index (χ3v) is 5.05. The van der Waals surface area contributed by atoms with Gasteiger partial charge in [0.25, 0.3) is 5.69 Å². The normalized spacial score (nSPS) is 11.8. The van der Waals surface area contributed by atoms with Gasteiger partial charge in [0.2, 0.25) is 0 Å². The Morgan fingerprint density at radius 1 is 1.30 bits per heavy atom. The van der Waals surface area contributed by atoms with Crippen LogP contribution in [0.2, 0.25) is 0 Å². The molecular weight excluding hydrogens is 280 g/mol. The van der Waals surface area contributed by atoms with Crippen molar-refractivity contribution >= 4 is 26.4 Å². The van der Waals surface area contributed by atoms with Gasteiger partial charge in [-0.3, -0.25) is 10.1 Å². The summed E-state index contributed by atoms with van der Waals surface area (Å²) in [5, 5.41) is 11.5. The Balaban J connectivity index is 2.14. The number of aryl methyl sites for hydroxylation is 1. The first-order chi connectivity index (χ1) is 9.43. The van der Waals surface area contributed by atoms with Crippen LogP contribution in [0.25, 0.3) is 10.9 Å². The zero-order valence-electron chi connectivity index (χ0n) is 11.2. The van der Waals surface area contributed by atoms with Crippen molar-refractivity contribution in [2.75, 3.05) is 11.5 Å². The topological polar surface area (TPSA) is 82.2 Å². The maximum atomic E-state index is 11.4. The summed E-state index contributed by atoms with van der Waals surface area (Å²) in [7, 11) is -2.95. The monoisotopic (exact) mass is 296 g/mol. The van der Waals surface area contributed by atoms with E-state index in [9.17, 15) is 18.5 Å². The molecule has 0 saturated heterocycles. The molecule has 2 aromatic rings. The molecule has 108 valence electrons. The fraction of sp³-hybridized carbons (Fsp3) is 0.385. The van der Waals surface area contributed by atoms with Gasteiger partial charge < -0.3 is 4.57 Å². The highest BCUT2D eigenvalue weighted by Gasteiger charge is 2.10. The highest BCUT2D eigenvalue weighted by atomic mass is 32.2. The Labute approximate surface area is 117 Å². The number of benzene rings is 1. The number of nitro benzene ring substituents is 1. The molecule has 0 aliphatic carbocycles. The molecule has 0 atom stereocenters. The fourth-order valence-electron chi connectivity index (χ4n) is 2.10. The number of aromatic nitrogens is 1. The van der Waals surface area contributed by atoms with Crippen LogP contribution in [0.3, 0.4) is 0 Å². The van der Waals surface area contributed by atoms with Crippen LogP contribution < -0.4 is 0 Å². The highest BCUT2D eigenvalue weighted by molar-refractivity contribution is 7.91. The molecule has 7 heteroatoms. The van der Waals surface area contributed by atoms with Crippen molar-refractivity contribution in [2.45, 2.75) is 19.9 Å². The van der Waals surface area contributed by atoms with Gasteiger partial charge in [-0.15, -0.1) is 0 Å². The van der Waals surface area contributed by atoms with E-state index in [-0.39, 0.29) is 17.2 Å². The molecule has 0 amide bonds. The van der Waals surface area contributed by atoms with Crippen molar-refractivity contribution < 1.29 is 13.3 Å². The summed E-state index contributed by atoms with van der Waals surface area (Å²) in [6, 6.07) is 6.48. The van der Waals surface area contributed by atoms with Crippen molar-refractivity contribution in [1.29, 1.82) is 0 Å². The van der Waals surface area contributed by atoms with Crippen LogP contribution in [-0.4, -0.2) is 29.4 Å². The van der Waals surface area contributed by atoms with Gasteiger partial charge in [-0.2, -0.15) is 0 Å². The number of nitrogens with zero attached hydrogens (tertiary/aromatic N) is 2. The Hall–Kier alpha value is -1.89. The molecule has 1 aromatic carbocycles. The Kier molecular flexibility index (Phi) is 4.08. The van der Waals surface area contributed by atoms with E-state index in [1.807, 2.05) is 10.8 Å². The van der Waals surface area contributed by atoms with Gasteiger partial charge in [0.05, 0.1) is 10.7 Å². The molecule has 1 heterocycles. The predicted octanol–water partition coefficient (Wildman–Crippen LogP) is 2.37. The third-order valence-electron chi connectivity index (χ3n) is 3.26. The summed E-state index contributed by atoms with van der Waals surface area (Å²) in [4.78, 5) is 10.3. The van der Waals surface area contributed by atoms with E-state index in [2.05, 4.69) is 0 Å². The fourth-order valence-corrected chi connectivity index (χ4v) is 2.95. The molecule has 0 aliphatic heterocycles. The summed E-state index contributed by atoms with van der Waals surface area (Å²) >= 11 is 0. The van der Waals surface area contributed by atoms with E-state index >= 15 is 0 Å². The van der Waals surface area contributed by atoms with Gasteiger partial charge in [-0.25, -0.2) is 8.42 Å². The van der Waals surface area contributed by atoms with Gasteiger partial charge in [0, 0.05) is 41.5 Å². The summed E-state index contributed by atoms with van der Waals surface area (Å²) in [6.07, 6.45) is 2.36. The molecule has 0 bridgehead atoms.